The zero-order valence-electron chi connectivity index (χ0n) is 10.1. The van der Waals surface area contributed by atoms with Crippen LogP contribution in [0.3, 0.4) is 0 Å². The van der Waals surface area contributed by atoms with Crippen molar-refractivity contribution in [2.24, 2.45) is 5.14 Å². The van der Waals surface area contributed by atoms with Gasteiger partial charge in [-0.1, -0.05) is 18.2 Å². The first kappa shape index (κ1) is 12.7. The Morgan fingerprint density at radius 1 is 1.11 bits per heavy atom. The van der Waals surface area contributed by atoms with Crippen LogP contribution in [0.25, 0.3) is 11.3 Å². The molecule has 2 N–H and O–H groups in total. The summed E-state index contributed by atoms with van der Waals surface area (Å²) in [4.78, 5) is 8.48. The van der Waals surface area contributed by atoms with Crippen LogP contribution in [-0.4, -0.2) is 18.4 Å². The second kappa shape index (κ2) is 4.47. The Kier molecular flexibility index (Phi) is 3.14. The Morgan fingerprint density at radius 3 is 2.39 bits per heavy atom. The topological polar surface area (TPSA) is 85.9 Å². The van der Waals surface area contributed by atoms with E-state index in [1.807, 2.05) is 6.92 Å². The van der Waals surface area contributed by atoms with Crippen molar-refractivity contribution in [3.05, 3.63) is 41.9 Å². The number of nitrogens with two attached hydrogens (primary N) is 1. The molecular formula is C12H13N3O2S. The number of nitrogens with zero attached hydrogens (tertiary/aromatic N) is 2. The average molecular weight is 263 g/mol. The molecule has 0 radical (unpaired) electrons. The molecule has 1 aromatic carbocycles. The van der Waals surface area contributed by atoms with Crippen LogP contribution in [0, 0.1) is 13.8 Å². The van der Waals surface area contributed by atoms with Crippen molar-refractivity contribution in [3.8, 4) is 11.3 Å². The minimum absolute atomic E-state index is 0.0718. The van der Waals surface area contributed by atoms with Crippen molar-refractivity contribution >= 4 is 10.0 Å². The minimum Gasteiger partial charge on any atom is -0.239 e. The second-order valence-electron chi connectivity index (χ2n) is 3.98. The summed E-state index contributed by atoms with van der Waals surface area (Å²) in [6.45, 7) is 3.59. The Morgan fingerprint density at radius 2 is 1.78 bits per heavy atom. The number of aryl methyl sites for hydroxylation is 2. The third kappa shape index (κ3) is 2.55. The number of benzene rings is 1. The van der Waals surface area contributed by atoms with E-state index in [0.29, 0.717) is 17.1 Å². The molecule has 0 bridgehead atoms. The van der Waals surface area contributed by atoms with Crippen molar-refractivity contribution in [2.45, 2.75) is 18.7 Å². The molecule has 94 valence electrons. The smallest absolute Gasteiger partial charge is 0.238 e. The normalized spacial score (nSPS) is 11.5. The van der Waals surface area contributed by atoms with Gasteiger partial charge in [-0.05, 0) is 26.0 Å². The molecule has 0 aliphatic rings. The number of hydrogen-bond donors (Lipinski definition) is 1. The molecule has 1 aromatic heterocycles. The number of hydrogen-bond acceptors (Lipinski definition) is 4. The van der Waals surface area contributed by atoms with Gasteiger partial charge in [-0.2, -0.15) is 0 Å². The molecule has 6 heteroatoms. The van der Waals surface area contributed by atoms with E-state index < -0.39 is 10.0 Å². The Balaban J connectivity index is 2.72. The monoisotopic (exact) mass is 263 g/mol. The Bertz CT molecular complexity index is 676. The van der Waals surface area contributed by atoms with Gasteiger partial charge in [0, 0.05) is 11.3 Å². The second-order valence-corrected chi connectivity index (χ2v) is 5.51. The fourth-order valence-corrected chi connectivity index (χ4v) is 2.53. The van der Waals surface area contributed by atoms with Gasteiger partial charge in [-0.3, -0.25) is 0 Å². The van der Waals surface area contributed by atoms with E-state index in [0.717, 1.165) is 5.69 Å². The lowest BCUT2D eigenvalue weighted by Gasteiger charge is -2.08. The van der Waals surface area contributed by atoms with Crippen LogP contribution < -0.4 is 5.14 Å². The highest BCUT2D eigenvalue weighted by molar-refractivity contribution is 7.89. The number of rotatable bonds is 2. The highest BCUT2D eigenvalue weighted by Crippen LogP contribution is 2.25. The van der Waals surface area contributed by atoms with E-state index in [4.69, 9.17) is 5.14 Å². The average Bonchev–Trinajstić information content (AvgIpc) is 2.26. The number of sulfonamides is 1. The third-order valence-corrected chi connectivity index (χ3v) is 3.40. The first-order valence-corrected chi connectivity index (χ1v) is 6.87. The molecule has 5 nitrogen and oxygen atoms in total. The zero-order valence-corrected chi connectivity index (χ0v) is 10.9. The van der Waals surface area contributed by atoms with Crippen LogP contribution in [0.5, 0.6) is 0 Å². The van der Waals surface area contributed by atoms with Crippen molar-refractivity contribution in [1.29, 1.82) is 0 Å². The fraction of sp³-hybridized carbons (Fsp3) is 0.167. The molecular weight excluding hydrogens is 250 g/mol. The Hall–Kier alpha value is -1.79. The fourth-order valence-electron chi connectivity index (χ4n) is 1.78. The molecule has 0 saturated heterocycles. The largest absolute Gasteiger partial charge is 0.239 e. The van der Waals surface area contributed by atoms with E-state index in [2.05, 4.69) is 9.97 Å². The molecule has 2 aromatic rings. The van der Waals surface area contributed by atoms with Gasteiger partial charge in [0.25, 0.3) is 0 Å². The molecule has 0 aliphatic heterocycles. The van der Waals surface area contributed by atoms with Crippen molar-refractivity contribution in [2.75, 3.05) is 0 Å². The molecule has 0 atom stereocenters. The highest BCUT2D eigenvalue weighted by Gasteiger charge is 2.15. The lowest BCUT2D eigenvalue weighted by Crippen LogP contribution is -2.13. The molecule has 0 aliphatic carbocycles. The summed E-state index contributed by atoms with van der Waals surface area (Å²) < 4.78 is 23.1. The summed E-state index contributed by atoms with van der Waals surface area (Å²) in [7, 11) is -3.77. The maximum atomic E-state index is 11.5. The van der Waals surface area contributed by atoms with E-state index in [1.165, 1.54) is 6.07 Å². The van der Waals surface area contributed by atoms with Gasteiger partial charge < -0.3 is 0 Å². The lowest BCUT2D eigenvalue weighted by molar-refractivity contribution is 0.598. The standard InChI is InChI=1S/C12H13N3O2S/c1-8-7-11(15-9(2)14-8)10-5-3-4-6-12(10)18(13,16)17/h3-7H,1-2H3,(H2,13,16,17). The minimum atomic E-state index is -3.77. The summed E-state index contributed by atoms with van der Waals surface area (Å²) in [5, 5.41) is 5.20. The quantitative estimate of drug-likeness (QED) is 0.887. The zero-order chi connectivity index (χ0) is 13.3. The van der Waals surface area contributed by atoms with Gasteiger partial charge in [0.1, 0.15) is 5.82 Å². The number of primary sulfonamides is 1. The molecule has 0 saturated carbocycles. The summed E-state index contributed by atoms with van der Waals surface area (Å²) in [6.07, 6.45) is 0. The van der Waals surface area contributed by atoms with Gasteiger partial charge in [-0.25, -0.2) is 23.5 Å². The van der Waals surface area contributed by atoms with Gasteiger partial charge in [0.15, 0.2) is 0 Å². The first-order chi connectivity index (χ1) is 8.38. The van der Waals surface area contributed by atoms with E-state index in [-0.39, 0.29) is 4.90 Å². The van der Waals surface area contributed by atoms with Crippen LogP contribution in [0.2, 0.25) is 0 Å². The summed E-state index contributed by atoms with van der Waals surface area (Å²) >= 11 is 0. The maximum absolute atomic E-state index is 11.5. The van der Waals surface area contributed by atoms with Gasteiger partial charge in [0.05, 0.1) is 10.6 Å². The van der Waals surface area contributed by atoms with Crippen LogP contribution >= 0.6 is 0 Å². The SMILES string of the molecule is Cc1cc(-c2ccccc2S(N)(=O)=O)nc(C)n1. The van der Waals surface area contributed by atoms with Crippen molar-refractivity contribution < 1.29 is 8.42 Å². The predicted molar refractivity (Wildman–Crippen MR) is 68.3 cm³/mol. The van der Waals surface area contributed by atoms with Crippen LogP contribution in [-0.2, 0) is 10.0 Å². The van der Waals surface area contributed by atoms with E-state index in [1.54, 1.807) is 31.2 Å². The maximum Gasteiger partial charge on any atom is 0.238 e. The summed E-state index contributed by atoms with van der Waals surface area (Å²) in [6, 6.07) is 8.26. The number of aromatic nitrogens is 2. The van der Waals surface area contributed by atoms with Gasteiger partial charge in [-0.15, -0.1) is 0 Å². The molecule has 1 heterocycles. The molecule has 18 heavy (non-hydrogen) atoms. The van der Waals surface area contributed by atoms with E-state index >= 15 is 0 Å². The third-order valence-electron chi connectivity index (χ3n) is 2.44. The van der Waals surface area contributed by atoms with Crippen LogP contribution in [0.4, 0.5) is 0 Å². The van der Waals surface area contributed by atoms with Crippen molar-refractivity contribution in [1.82, 2.24) is 9.97 Å². The predicted octanol–water partition coefficient (Wildman–Crippen LogP) is 1.41. The van der Waals surface area contributed by atoms with Crippen LogP contribution in [0.1, 0.15) is 11.5 Å². The van der Waals surface area contributed by atoms with Crippen LogP contribution in [0.15, 0.2) is 35.2 Å². The molecule has 0 amide bonds. The van der Waals surface area contributed by atoms with Gasteiger partial charge in [0.2, 0.25) is 10.0 Å². The van der Waals surface area contributed by atoms with Gasteiger partial charge >= 0.3 is 0 Å². The first-order valence-electron chi connectivity index (χ1n) is 5.32. The Labute approximate surface area is 106 Å². The van der Waals surface area contributed by atoms with Crippen molar-refractivity contribution in [3.63, 3.8) is 0 Å². The molecule has 2 rings (SSSR count). The molecule has 0 fully saturated rings. The molecule has 0 unspecified atom stereocenters. The summed E-state index contributed by atoms with van der Waals surface area (Å²) in [5.74, 6) is 0.592. The highest BCUT2D eigenvalue weighted by atomic mass is 32.2. The van der Waals surface area contributed by atoms with E-state index in [9.17, 15) is 8.42 Å². The lowest BCUT2D eigenvalue weighted by atomic mass is 10.1. The molecule has 0 spiro atoms. The summed E-state index contributed by atoms with van der Waals surface area (Å²) in [5.41, 5.74) is 1.83.